The Kier molecular flexibility index (Phi) is 4.77. The van der Waals surface area contributed by atoms with Crippen LogP contribution < -0.4 is 11.1 Å². The number of aliphatic imine (C=N–C) groups is 1. The van der Waals surface area contributed by atoms with Gasteiger partial charge < -0.3 is 20.9 Å². The lowest BCUT2D eigenvalue weighted by Crippen LogP contribution is -2.45. The number of nitrogens with two attached hydrogens (primary N) is 1. The summed E-state index contributed by atoms with van der Waals surface area (Å²) in [6.07, 6.45) is 1.67. The van der Waals surface area contributed by atoms with Crippen LogP contribution in [0.15, 0.2) is 4.99 Å². The maximum Gasteiger partial charge on any atom is 0.189 e. The van der Waals surface area contributed by atoms with E-state index >= 15 is 0 Å². The Morgan fingerprint density at radius 2 is 2.24 bits per heavy atom. The largest absolute Gasteiger partial charge is 0.396 e. The first kappa shape index (κ1) is 14.3. The lowest BCUT2D eigenvalue weighted by molar-refractivity contribution is 0.131. The van der Waals surface area contributed by atoms with Gasteiger partial charge in [0.05, 0.1) is 13.2 Å². The number of aliphatic hydroxyl groups is 1. The van der Waals surface area contributed by atoms with Crippen LogP contribution in [0.25, 0.3) is 0 Å². The van der Waals surface area contributed by atoms with Crippen molar-refractivity contribution in [1.29, 1.82) is 0 Å². The van der Waals surface area contributed by atoms with Gasteiger partial charge in [-0.15, -0.1) is 0 Å². The van der Waals surface area contributed by atoms with E-state index in [0.29, 0.717) is 19.1 Å². The third-order valence-electron chi connectivity index (χ3n) is 2.91. The number of rotatable bonds is 4. The second-order valence-corrected chi connectivity index (χ2v) is 5.85. The molecule has 1 fully saturated rings. The fourth-order valence-corrected chi connectivity index (χ4v) is 1.96. The van der Waals surface area contributed by atoms with E-state index in [4.69, 9.17) is 15.6 Å². The standard InChI is InChI=1S/C12H25N3O2/c1-11(2,3)15-10(13)14-8-12(4-6-16)5-7-17-9-12/h16H,4-9H2,1-3H3,(H3,13,14,15). The third kappa shape index (κ3) is 4.91. The molecule has 100 valence electrons. The molecule has 0 amide bonds. The summed E-state index contributed by atoms with van der Waals surface area (Å²) in [7, 11) is 0. The molecule has 0 spiro atoms. The summed E-state index contributed by atoms with van der Waals surface area (Å²) >= 11 is 0. The molecule has 0 aromatic rings. The lowest BCUT2D eigenvalue weighted by atomic mass is 9.84. The zero-order chi connectivity index (χ0) is 12.9. The quantitative estimate of drug-likeness (QED) is 0.495. The van der Waals surface area contributed by atoms with Gasteiger partial charge in [-0.1, -0.05) is 0 Å². The molecule has 1 aliphatic heterocycles. The van der Waals surface area contributed by atoms with Gasteiger partial charge in [0.1, 0.15) is 0 Å². The molecule has 0 aromatic heterocycles. The Morgan fingerprint density at radius 1 is 1.53 bits per heavy atom. The maximum atomic E-state index is 9.09. The molecule has 1 rings (SSSR count). The number of hydrogen-bond acceptors (Lipinski definition) is 3. The van der Waals surface area contributed by atoms with E-state index in [1.807, 2.05) is 20.8 Å². The summed E-state index contributed by atoms with van der Waals surface area (Å²) in [5.74, 6) is 0.460. The van der Waals surface area contributed by atoms with Crippen LogP contribution in [-0.4, -0.2) is 43.0 Å². The Hall–Kier alpha value is -0.810. The molecule has 1 atom stereocenters. The van der Waals surface area contributed by atoms with Crippen LogP contribution in [0.4, 0.5) is 0 Å². The molecule has 4 N–H and O–H groups in total. The van der Waals surface area contributed by atoms with Gasteiger partial charge in [-0.05, 0) is 33.6 Å². The Labute approximate surface area is 103 Å². The molecule has 0 radical (unpaired) electrons. The van der Waals surface area contributed by atoms with E-state index in [1.165, 1.54) is 0 Å². The monoisotopic (exact) mass is 243 g/mol. The summed E-state index contributed by atoms with van der Waals surface area (Å²) in [4.78, 5) is 4.37. The average molecular weight is 243 g/mol. The Morgan fingerprint density at radius 3 is 2.71 bits per heavy atom. The molecule has 5 heteroatoms. The first-order valence-electron chi connectivity index (χ1n) is 6.14. The first-order valence-corrected chi connectivity index (χ1v) is 6.14. The minimum Gasteiger partial charge on any atom is -0.396 e. The second-order valence-electron chi connectivity index (χ2n) is 5.85. The molecular weight excluding hydrogens is 218 g/mol. The van der Waals surface area contributed by atoms with Crippen LogP contribution in [-0.2, 0) is 4.74 Å². The van der Waals surface area contributed by atoms with Gasteiger partial charge in [-0.25, -0.2) is 0 Å². The van der Waals surface area contributed by atoms with Gasteiger partial charge in [0, 0.05) is 24.2 Å². The molecular formula is C12H25N3O2. The van der Waals surface area contributed by atoms with E-state index in [2.05, 4.69) is 10.3 Å². The minimum atomic E-state index is -0.0795. The van der Waals surface area contributed by atoms with Crippen LogP contribution in [0, 0.1) is 5.41 Å². The third-order valence-corrected chi connectivity index (χ3v) is 2.91. The van der Waals surface area contributed by atoms with Crippen LogP contribution in [0.1, 0.15) is 33.6 Å². The molecule has 0 aliphatic carbocycles. The fourth-order valence-electron chi connectivity index (χ4n) is 1.96. The van der Waals surface area contributed by atoms with Crippen molar-refractivity contribution in [2.75, 3.05) is 26.4 Å². The van der Waals surface area contributed by atoms with E-state index < -0.39 is 0 Å². The van der Waals surface area contributed by atoms with Crippen molar-refractivity contribution in [2.45, 2.75) is 39.2 Å². The molecule has 0 saturated carbocycles. The maximum absolute atomic E-state index is 9.09. The molecule has 1 saturated heterocycles. The van der Waals surface area contributed by atoms with Crippen LogP contribution in [0.2, 0.25) is 0 Å². The molecule has 0 aromatic carbocycles. The number of nitrogens with zero attached hydrogens (tertiary/aromatic N) is 1. The topological polar surface area (TPSA) is 79.9 Å². The summed E-state index contributed by atoms with van der Waals surface area (Å²) in [6.45, 7) is 8.32. The molecule has 1 aliphatic rings. The zero-order valence-corrected chi connectivity index (χ0v) is 11.1. The van der Waals surface area contributed by atoms with Gasteiger partial charge in [0.2, 0.25) is 0 Å². The van der Waals surface area contributed by atoms with Crippen molar-refractivity contribution in [2.24, 2.45) is 16.1 Å². The van der Waals surface area contributed by atoms with Gasteiger partial charge in [0.15, 0.2) is 5.96 Å². The van der Waals surface area contributed by atoms with Crippen molar-refractivity contribution in [3.05, 3.63) is 0 Å². The summed E-state index contributed by atoms with van der Waals surface area (Å²) in [5, 5.41) is 12.2. The fraction of sp³-hybridized carbons (Fsp3) is 0.917. The molecule has 0 bridgehead atoms. The SMILES string of the molecule is CC(C)(C)NC(N)=NCC1(CCO)CCOC1. The summed E-state index contributed by atoms with van der Waals surface area (Å²) in [5.41, 5.74) is 5.72. The number of hydrogen-bond donors (Lipinski definition) is 3. The number of aliphatic hydroxyl groups excluding tert-OH is 1. The zero-order valence-electron chi connectivity index (χ0n) is 11.1. The minimum absolute atomic E-state index is 0.0288. The summed E-state index contributed by atoms with van der Waals surface area (Å²) < 4.78 is 5.40. The highest BCUT2D eigenvalue weighted by Crippen LogP contribution is 2.32. The first-order chi connectivity index (χ1) is 7.87. The number of nitrogens with one attached hydrogen (secondary N) is 1. The van der Waals surface area contributed by atoms with E-state index in [1.54, 1.807) is 0 Å². The second kappa shape index (κ2) is 5.69. The van der Waals surface area contributed by atoms with Gasteiger partial charge in [-0.2, -0.15) is 0 Å². The van der Waals surface area contributed by atoms with Crippen molar-refractivity contribution >= 4 is 5.96 Å². The highest BCUT2D eigenvalue weighted by Gasteiger charge is 2.34. The summed E-state index contributed by atoms with van der Waals surface area (Å²) in [6, 6.07) is 0. The van der Waals surface area contributed by atoms with E-state index in [-0.39, 0.29) is 17.6 Å². The van der Waals surface area contributed by atoms with Crippen molar-refractivity contribution in [3.63, 3.8) is 0 Å². The molecule has 17 heavy (non-hydrogen) atoms. The normalized spacial score (nSPS) is 26.2. The number of ether oxygens (including phenoxy) is 1. The predicted octanol–water partition coefficient (Wildman–Crippen LogP) is 0.478. The van der Waals surface area contributed by atoms with Crippen molar-refractivity contribution in [1.82, 2.24) is 5.32 Å². The van der Waals surface area contributed by atoms with Crippen LogP contribution in [0.5, 0.6) is 0 Å². The predicted molar refractivity (Wildman–Crippen MR) is 68.9 cm³/mol. The number of guanidine groups is 1. The average Bonchev–Trinajstić information content (AvgIpc) is 2.62. The van der Waals surface area contributed by atoms with Crippen LogP contribution in [0.3, 0.4) is 0 Å². The van der Waals surface area contributed by atoms with Gasteiger partial charge in [0.25, 0.3) is 0 Å². The van der Waals surface area contributed by atoms with Gasteiger partial charge in [-0.3, -0.25) is 4.99 Å². The van der Waals surface area contributed by atoms with Gasteiger partial charge >= 0.3 is 0 Å². The smallest absolute Gasteiger partial charge is 0.189 e. The van der Waals surface area contributed by atoms with Crippen molar-refractivity contribution in [3.8, 4) is 0 Å². The lowest BCUT2D eigenvalue weighted by Gasteiger charge is -2.26. The highest BCUT2D eigenvalue weighted by atomic mass is 16.5. The Balaban J connectivity index is 2.54. The Bertz CT molecular complexity index is 265. The van der Waals surface area contributed by atoms with Crippen molar-refractivity contribution < 1.29 is 9.84 Å². The highest BCUT2D eigenvalue weighted by molar-refractivity contribution is 5.78. The molecule has 5 nitrogen and oxygen atoms in total. The van der Waals surface area contributed by atoms with E-state index in [9.17, 15) is 0 Å². The van der Waals surface area contributed by atoms with E-state index in [0.717, 1.165) is 19.4 Å². The van der Waals surface area contributed by atoms with Crippen LogP contribution >= 0.6 is 0 Å². The molecule has 1 heterocycles. The molecule has 1 unspecified atom stereocenters.